The predicted octanol–water partition coefficient (Wildman–Crippen LogP) is 1.83. The number of hydrogen-bond acceptors (Lipinski definition) is 5. The molecule has 112 valence electrons. The highest BCUT2D eigenvalue weighted by Gasteiger charge is 2.30. The highest BCUT2D eigenvalue weighted by molar-refractivity contribution is 7.11. The van der Waals surface area contributed by atoms with E-state index in [9.17, 15) is 0 Å². The number of likely N-dealkylation sites (N-methyl/N-ethyl adjacent to an activating group) is 1. The molecule has 5 heteroatoms. The largest absolute Gasteiger partial charge is 0.323 e. The van der Waals surface area contributed by atoms with Crippen LogP contribution in [0.1, 0.15) is 47.3 Å². The van der Waals surface area contributed by atoms with E-state index in [1.807, 2.05) is 11.3 Å². The summed E-state index contributed by atoms with van der Waals surface area (Å²) in [7, 11) is 2.20. The molecular weight excluding hydrogens is 268 g/mol. The van der Waals surface area contributed by atoms with Gasteiger partial charge in [0.15, 0.2) is 0 Å². The fourth-order valence-corrected chi connectivity index (χ4v) is 3.89. The molecule has 1 aromatic heterocycles. The molecule has 0 amide bonds. The zero-order valence-corrected chi connectivity index (χ0v) is 13.5. The van der Waals surface area contributed by atoms with E-state index in [1.165, 1.54) is 54.6 Å². The molecule has 1 unspecified atom stereocenters. The maximum atomic E-state index is 6.10. The van der Waals surface area contributed by atoms with Crippen molar-refractivity contribution in [2.45, 2.75) is 38.1 Å². The third-order valence-electron chi connectivity index (χ3n) is 4.34. The molecule has 0 spiro atoms. The fourth-order valence-electron chi connectivity index (χ4n) is 2.80. The molecule has 1 atom stereocenters. The number of aromatic nitrogens is 1. The molecule has 0 aromatic carbocycles. The number of piperazine rings is 1. The van der Waals surface area contributed by atoms with Crippen LogP contribution in [0.2, 0.25) is 0 Å². The number of rotatable bonds is 5. The summed E-state index contributed by atoms with van der Waals surface area (Å²) in [6.07, 6.45) is 3.70. The number of nitrogens with two attached hydrogens (primary N) is 1. The Kier molecular flexibility index (Phi) is 4.40. The molecule has 1 saturated carbocycles. The molecule has 4 nitrogen and oxygen atoms in total. The summed E-state index contributed by atoms with van der Waals surface area (Å²) in [4.78, 5) is 11.2. The summed E-state index contributed by atoms with van der Waals surface area (Å²) >= 11 is 1.85. The van der Waals surface area contributed by atoms with Gasteiger partial charge in [-0.15, -0.1) is 11.3 Å². The second kappa shape index (κ2) is 6.10. The molecule has 2 N–H and O–H groups in total. The van der Waals surface area contributed by atoms with Crippen molar-refractivity contribution in [3.8, 4) is 0 Å². The van der Waals surface area contributed by atoms with E-state index in [0.29, 0.717) is 5.92 Å². The Balaban J connectivity index is 1.58. The van der Waals surface area contributed by atoms with Crippen LogP contribution in [0.15, 0.2) is 0 Å². The molecule has 1 saturated heterocycles. The Hall–Kier alpha value is -0.490. The van der Waals surface area contributed by atoms with E-state index < -0.39 is 0 Å². The van der Waals surface area contributed by atoms with Crippen molar-refractivity contribution in [2.75, 3.05) is 39.8 Å². The van der Waals surface area contributed by atoms with E-state index >= 15 is 0 Å². The van der Waals surface area contributed by atoms with Crippen molar-refractivity contribution in [1.82, 2.24) is 14.8 Å². The average molecular weight is 294 g/mol. The Morgan fingerprint density at radius 2 is 2.00 bits per heavy atom. The Morgan fingerprint density at radius 1 is 1.30 bits per heavy atom. The van der Waals surface area contributed by atoms with Gasteiger partial charge in [-0.2, -0.15) is 0 Å². The lowest BCUT2D eigenvalue weighted by atomic mass is 10.2. The number of nitrogens with zero attached hydrogens (tertiary/aromatic N) is 3. The molecule has 0 bridgehead atoms. The smallest absolute Gasteiger partial charge is 0.0944 e. The van der Waals surface area contributed by atoms with Crippen molar-refractivity contribution >= 4 is 11.3 Å². The van der Waals surface area contributed by atoms with E-state index in [2.05, 4.69) is 23.8 Å². The summed E-state index contributed by atoms with van der Waals surface area (Å²) in [5.41, 5.74) is 7.42. The van der Waals surface area contributed by atoms with Gasteiger partial charge in [-0.1, -0.05) is 0 Å². The predicted molar refractivity (Wildman–Crippen MR) is 84.3 cm³/mol. The SMILES string of the molecule is CC(N)c1sc(CCN2CCN(C)CC2)nc1C1CC1. The monoisotopic (exact) mass is 294 g/mol. The van der Waals surface area contributed by atoms with Crippen LogP contribution < -0.4 is 5.73 Å². The molecule has 1 aliphatic carbocycles. The molecule has 20 heavy (non-hydrogen) atoms. The number of hydrogen-bond donors (Lipinski definition) is 1. The topological polar surface area (TPSA) is 45.4 Å². The Labute approximate surface area is 126 Å². The van der Waals surface area contributed by atoms with Crippen molar-refractivity contribution < 1.29 is 0 Å². The van der Waals surface area contributed by atoms with Crippen LogP contribution in [0.25, 0.3) is 0 Å². The normalized spacial score (nSPS) is 23.1. The first-order chi connectivity index (χ1) is 9.63. The maximum Gasteiger partial charge on any atom is 0.0944 e. The van der Waals surface area contributed by atoms with Crippen molar-refractivity contribution in [3.63, 3.8) is 0 Å². The van der Waals surface area contributed by atoms with Crippen LogP contribution in [0.3, 0.4) is 0 Å². The zero-order valence-electron chi connectivity index (χ0n) is 12.6. The van der Waals surface area contributed by atoms with Crippen molar-refractivity contribution in [1.29, 1.82) is 0 Å². The minimum Gasteiger partial charge on any atom is -0.323 e. The molecule has 2 heterocycles. The van der Waals surface area contributed by atoms with Gasteiger partial charge in [0, 0.05) is 56.0 Å². The summed E-state index contributed by atoms with van der Waals surface area (Å²) in [5.74, 6) is 0.713. The van der Waals surface area contributed by atoms with Gasteiger partial charge in [-0.3, -0.25) is 0 Å². The maximum absolute atomic E-state index is 6.10. The third-order valence-corrected chi connectivity index (χ3v) is 5.67. The van der Waals surface area contributed by atoms with E-state index in [1.54, 1.807) is 0 Å². The lowest BCUT2D eigenvalue weighted by Crippen LogP contribution is -2.45. The highest BCUT2D eigenvalue weighted by atomic mass is 32.1. The highest BCUT2D eigenvalue weighted by Crippen LogP contribution is 2.44. The summed E-state index contributed by atoms with van der Waals surface area (Å²) < 4.78 is 0. The standard InChI is InChI=1S/C15H26N4S/c1-11(16)15-14(12-3-4-12)17-13(20-15)5-6-19-9-7-18(2)8-10-19/h11-12H,3-10,16H2,1-2H3. The first-order valence-electron chi connectivity index (χ1n) is 7.79. The molecule has 2 aliphatic rings. The van der Waals surface area contributed by atoms with Gasteiger partial charge in [-0.25, -0.2) is 4.98 Å². The minimum atomic E-state index is 0.139. The fraction of sp³-hybridized carbons (Fsp3) is 0.800. The van der Waals surface area contributed by atoms with Gasteiger partial charge >= 0.3 is 0 Å². The average Bonchev–Trinajstić information content (AvgIpc) is 3.18. The third kappa shape index (κ3) is 3.39. The van der Waals surface area contributed by atoms with Gasteiger partial charge in [0.25, 0.3) is 0 Å². The molecular formula is C15H26N4S. The van der Waals surface area contributed by atoms with Crippen LogP contribution in [0.5, 0.6) is 0 Å². The molecule has 1 aromatic rings. The first-order valence-corrected chi connectivity index (χ1v) is 8.61. The van der Waals surface area contributed by atoms with Gasteiger partial charge in [0.2, 0.25) is 0 Å². The quantitative estimate of drug-likeness (QED) is 0.900. The lowest BCUT2D eigenvalue weighted by Gasteiger charge is -2.32. The van der Waals surface area contributed by atoms with Crippen LogP contribution in [0, 0.1) is 0 Å². The summed E-state index contributed by atoms with van der Waals surface area (Å²) in [5, 5.41) is 1.29. The molecule has 1 aliphatic heterocycles. The van der Waals surface area contributed by atoms with E-state index in [-0.39, 0.29) is 6.04 Å². The van der Waals surface area contributed by atoms with Crippen LogP contribution in [-0.4, -0.2) is 54.6 Å². The summed E-state index contributed by atoms with van der Waals surface area (Å²) in [6.45, 7) is 8.00. The first kappa shape index (κ1) is 14.4. The summed E-state index contributed by atoms with van der Waals surface area (Å²) in [6, 6.07) is 0.139. The number of thiazole rings is 1. The second-order valence-electron chi connectivity index (χ2n) is 6.31. The van der Waals surface area contributed by atoms with Gasteiger partial charge < -0.3 is 15.5 Å². The molecule has 3 rings (SSSR count). The van der Waals surface area contributed by atoms with E-state index in [0.717, 1.165) is 13.0 Å². The van der Waals surface area contributed by atoms with E-state index in [4.69, 9.17) is 10.7 Å². The lowest BCUT2D eigenvalue weighted by molar-refractivity contribution is 0.155. The minimum absolute atomic E-state index is 0.139. The van der Waals surface area contributed by atoms with Crippen LogP contribution >= 0.6 is 11.3 Å². The second-order valence-corrected chi connectivity index (χ2v) is 7.43. The van der Waals surface area contributed by atoms with Crippen LogP contribution in [0.4, 0.5) is 0 Å². The molecule has 0 radical (unpaired) electrons. The Morgan fingerprint density at radius 3 is 2.60 bits per heavy atom. The van der Waals surface area contributed by atoms with Gasteiger partial charge in [-0.05, 0) is 26.8 Å². The van der Waals surface area contributed by atoms with Crippen LogP contribution in [-0.2, 0) is 6.42 Å². The van der Waals surface area contributed by atoms with Crippen molar-refractivity contribution in [3.05, 3.63) is 15.6 Å². The van der Waals surface area contributed by atoms with Gasteiger partial charge in [0.1, 0.15) is 0 Å². The van der Waals surface area contributed by atoms with Crippen molar-refractivity contribution in [2.24, 2.45) is 5.73 Å². The molecule has 2 fully saturated rings. The van der Waals surface area contributed by atoms with Gasteiger partial charge in [0.05, 0.1) is 10.7 Å². The Bertz CT molecular complexity index is 425. The zero-order chi connectivity index (χ0) is 14.1.